The summed E-state index contributed by atoms with van der Waals surface area (Å²) in [5.41, 5.74) is -1.03. The van der Waals surface area contributed by atoms with Crippen molar-refractivity contribution in [3.63, 3.8) is 0 Å². The first-order valence-corrected chi connectivity index (χ1v) is 12.2. The lowest BCUT2D eigenvalue weighted by molar-refractivity contribution is -0.246. The number of hydroxylamine groups is 2. The highest BCUT2D eigenvalue weighted by atomic mass is 16.6. The lowest BCUT2D eigenvalue weighted by Crippen LogP contribution is -2.63. The molecule has 33 heavy (non-hydrogen) atoms. The van der Waals surface area contributed by atoms with Crippen LogP contribution >= 0.6 is 0 Å². The number of ether oxygens (including phenoxy) is 1. The minimum absolute atomic E-state index is 0.00318. The molecule has 0 spiro atoms. The quantitative estimate of drug-likeness (QED) is 0.419. The molecule has 0 aromatic rings. The number of carbonyl (C=O) groups excluding carboxylic acids is 2. The number of hydrogen-bond donors (Lipinski definition) is 2. The van der Waals surface area contributed by atoms with Crippen molar-refractivity contribution in [3.05, 3.63) is 11.6 Å². The summed E-state index contributed by atoms with van der Waals surface area (Å²) in [7, 11) is 0. The fraction of sp³-hybridized carbons (Fsp3) is 0.846. The zero-order valence-corrected chi connectivity index (χ0v) is 23.1. The molecular formula is C26H50N3O4+. The van der Waals surface area contributed by atoms with E-state index in [2.05, 4.69) is 24.5 Å². The van der Waals surface area contributed by atoms with E-state index < -0.39 is 17.1 Å². The molecule has 7 heteroatoms. The van der Waals surface area contributed by atoms with Crippen molar-refractivity contribution in [2.45, 2.75) is 131 Å². The Bertz CT molecular complexity index is 714. The zero-order chi connectivity index (χ0) is 26.0. The minimum atomic E-state index is -0.749. The second-order valence-electron chi connectivity index (χ2n) is 13.0. The maximum Gasteiger partial charge on any atom is 0.408 e. The molecule has 0 aromatic carbocycles. The lowest BCUT2D eigenvalue weighted by Gasteiger charge is -2.48. The van der Waals surface area contributed by atoms with Crippen LogP contribution in [0.3, 0.4) is 0 Å². The zero-order valence-electron chi connectivity index (χ0n) is 23.1. The Labute approximate surface area is 201 Å². The van der Waals surface area contributed by atoms with E-state index in [4.69, 9.17) is 9.94 Å². The molecule has 4 N–H and O–H groups in total. The second-order valence-corrected chi connectivity index (χ2v) is 13.0. The van der Waals surface area contributed by atoms with Crippen molar-refractivity contribution in [3.8, 4) is 0 Å². The molecule has 0 unspecified atom stereocenters. The van der Waals surface area contributed by atoms with Crippen molar-refractivity contribution in [2.24, 2.45) is 11.3 Å². The Morgan fingerprint density at radius 1 is 1.09 bits per heavy atom. The number of amides is 2. The van der Waals surface area contributed by atoms with Crippen molar-refractivity contribution in [2.75, 3.05) is 0 Å². The SMILES string of the molecule is C/C(=C\C(C)(C)C(=O)NC1CC(C)(C)N([OH2+])C(C)(C)C1)[C@@H](CC(C)C)NC(=O)OC(C)(C)C. The monoisotopic (exact) mass is 468 g/mol. The molecule has 1 aliphatic rings. The van der Waals surface area contributed by atoms with Crippen LogP contribution in [-0.4, -0.2) is 51.0 Å². The highest BCUT2D eigenvalue weighted by Crippen LogP contribution is 2.37. The molecule has 2 amide bonds. The standard InChI is InChI=1S/C26H49N3O4/c1-17(2)13-20(28-22(31)33-23(4,5)6)18(3)14-24(7,8)21(30)27-19-15-25(9,10)29(32)26(11,12)16-19/h14,17,19-20,32H,13,15-16H2,1-12H3,(H,27,30)(H,28,31)/p+1/b18-14+/t20-/m1/s1. The number of rotatable bonds is 7. The van der Waals surface area contributed by atoms with Gasteiger partial charge in [-0.05, 0) is 94.4 Å². The van der Waals surface area contributed by atoms with Gasteiger partial charge in [0.1, 0.15) is 5.60 Å². The summed E-state index contributed by atoms with van der Waals surface area (Å²) >= 11 is 0. The topological polar surface area (TPSA) is 93.6 Å². The summed E-state index contributed by atoms with van der Waals surface area (Å²) in [6, 6.07) is -0.209. The third-order valence-corrected chi connectivity index (χ3v) is 6.16. The van der Waals surface area contributed by atoms with Crippen molar-refractivity contribution in [1.82, 2.24) is 15.7 Å². The van der Waals surface area contributed by atoms with Crippen LogP contribution in [-0.2, 0) is 9.53 Å². The Morgan fingerprint density at radius 3 is 2.00 bits per heavy atom. The first-order valence-electron chi connectivity index (χ1n) is 12.2. The Hall–Kier alpha value is -1.60. The van der Waals surface area contributed by atoms with Gasteiger partial charge in [-0.2, -0.15) is 0 Å². The third-order valence-electron chi connectivity index (χ3n) is 6.16. The number of piperidine rings is 1. The summed E-state index contributed by atoms with van der Waals surface area (Å²) in [5, 5.41) is 16.3. The van der Waals surface area contributed by atoms with Gasteiger partial charge in [0, 0.05) is 6.04 Å². The number of hydrogen-bond acceptors (Lipinski definition) is 4. The van der Waals surface area contributed by atoms with Crippen LogP contribution in [0.2, 0.25) is 0 Å². The molecular weight excluding hydrogens is 418 g/mol. The summed E-state index contributed by atoms with van der Waals surface area (Å²) in [4.78, 5) is 25.7. The second kappa shape index (κ2) is 10.3. The number of nitrogens with zero attached hydrogens (tertiary/aromatic N) is 1. The summed E-state index contributed by atoms with van der Waals surface area (Å²) in [6.45, 7) is 23.7. The molecule has 192 valence electrons. The Morgan fingerprint density at radius 2 is 1.58 bits per heavy atom. The predicted molar refractivity (Wildman–Crippen MR) is 135 cm³/mol. The van der Waals surface area contributed by atoms with E-state index in [1.54, 1.807) is 5.06 Å². The molecule has 1 atom stereocenters. The maximum atomic E-state index is 13.3. The Kier molecular flexibility index (Phi) is 9.23. The normalized spacial score (nSPS) is 21.0. The van der Waals surface area contributed by atoms with Crippen LogP contribution in [0.25, 0.3) is 0 Å². The number of alkyl carbamates (subject to hydrolysis) is 1. The molecule has 0 aliphatic carbocycles. The van der Waals surface area contributed by atoms with Crippen LogP contribution < -0.4 is 10.6 Å². The average Bonchev–Trinajstić information content (AvgIpc) is 2.55. The van der Waals surface area contributed by atoms with Crippen molar-refractivity contribution >= 4 is 12.0 Å². The summed E-state index contributed by atoms with van der Waals surface area (Å²) in [5.74, 6) is 0.321. The van der Waals surface area contributed by atoms with Gasteiger partial charge in [-0.3, -0.25) is 4.79 Å². The number of carbonyl (C=O) groups is 2. The van der Waals surface area contributed by atoms with E-state index in [-0.39, 0.29) is 29.1 Å². The molecule has 1 aliphatic heterocycles. The van der Waals surface area contributed by atoms with Gasteiger partial charge in [0.25, 0.3) is 0 Å². The first-order chi connectivity index (χ1) is 14.7. The highest BCUT2D eigenvalue weighted by Gasteiger charge is 2.49. The summed E-state index contributed by atoms with van der Waals surface area (Å²) < 4.78 is 5.45. The molecule has 7 nitrogen and oxygen atoms in total. The molecule has 1 heterocycles. The van der Waals surface area contributed by atoms with Crippen molar-refractivity contribution in [1.29, 1.82) is 0 Å². The van der Waals surface area contributed by atoms with Crippen LogP contribution in [0.1, 0.15) is 102 Å². The van der Waals surface area contributed by atoms with E-state index in [0.717, 1.165) is 24.8 Å². The fourth-order valence-electron chi connectivity index (χ4n) is 4.77. The van der Waals surface area contributed by atoms with Gasteiger partial charge >= 0.3 is 6.09 Å². The van der Waals surface area contributed by atoms with E-state index in [0.29, 0.717) is 5.92 Å². The van der Waals surface area contributed by atoms with E-state index in [1.807, 2.05) is 75.3 Å². The maximum absolute atomic E-state index is 13.3. The van der Waals surface area contributed by atoms with Gasteiger partial charge < -0.3 is 20.6 Å². The van der Waals surface area contributed by atoms with Crippen LogP contribution in [0.5, 0.6) is 0 Å². The van der Waals surface area contributed by atoms with E-state index >= 15 is 0 Å². The number of nitrogens with one attached hydrogen (secondary N) is 2. The van der Waals surface area contributed by atoms with E-state index in [1.165, 1.54) is 0 Å². The molecule has 1 saturated heterocycles. The van der Waals surface area contributed by atoms with Gasteiger partial charge in [0.15, 0.2) is 0 Å². The largest absolute Gasteiger partial charge is 0.444 e. The first kappa shape index (κ1) is 29.4. The van der Waals surface area contributed by atoms with Gasteiger partial charge in [-0.15, -0.1) is 0 Å². The van der Waals surface area contributed by atoms with Crippen LogP contribution in [0.15, 0.2) is 11.6 Å². The smallest absolute Gasteiger partial charge is 0.408 e. The van der Waals surface area contributed by atoms with Gasteiger partial charge in [-0.25, -0.2) is 4.79 Å². The molecule has 0 bridgehead atoms. The van der Waals surface area contributed by atoms with E-state index in [9.17, 15) is 9.59 Å². The predicted octanol–water partition coefficient (Wildman–Crippen LogP) is 4.68. The minimum Gasteiger partial charge on any atom is -0.444 e. The average molecular weight is 469 g/mol. The van der Waals surface area contributed by atoms with Crippen molar-refractivity contribution < 1.29 is 19.5 Å². The van der Waals surface area contributed by atoms with Gasteiger partial charge in [-0.1, -0.05) is 30.6 Å². The molecule has 1 fully saturated rings. The highest BCUT2D eigenvalue weighted by molar-refractivity contribution is 5.84. The third kappa shape index (κ3) is 8.93. The summed E-state index contributed by atoms with van der Waals surface area (Å²) in [6.07, 6.45) is 3.71. The van der Waals surface area contributed by atoms with Crippen LogP contribution in [0.4, 0.5) is 4.79 Å². The lowest BCUT2D eigenvalue weighted by atomic mass is 9.78. The molecule has 0 radical (unpaired) electrons. The fourth-order valence-corrected chi connectivity index (χ4v) is 4.77. The Balaban J connectivity index is 3.00. The van der Waals surface area contributed by atoms with Gasteiger partial charge in [0.05, 0.1) is 22.5 Å². The van der Waals surface area contributed by atoms with Crippen LogP contribution in [0, 0.1) is 11.3 Å². The molecule has 0 saturated carbocycles. The molecule has 1 rings (SSSR count). The van der Waals surface area contributed by atoms with Gasteiger partial charge in [0.2, 0.25) is 5.91 Å². The molecule has 0 aromatic heterocycles.